The summed E-state index contributed by atoms with van der Waals surface area (Å²) in [5, 5.41) is 3.20. The number of aryl methyl sites for hydroxylation is 1. The van der Waals surface area contributed by atoms with Crippen LogP contribution in [0.4, 0.5) is 5.69 Å². The maximum atomic E-state index is 13.4. The predicted octanol–water partition coefficient (Wildman–Crippen LogP) is 5.95. The number of hydrogen-bond donors (Lipinski definition) is 2. The van der Waals surface area contributed by atoms with Gasteiger partial charge in [-0.25, -0.2) is 8.42 Å². The van der Waals surface area contributed by atoms with Crippen LogP contribution in [0.3, 0.4) is 0 Å². The van der Waals surface area contributed by atoms with E-state index in [1.807, 2.05) is 69.3 Å². The summed E-state index contributed by atoms with van der Waals surface area (Å²) in [4.78, 5) is 13.2. The number of anilines is 1. The largest absolute Gasteiger partial charge is 0.324 e. The van der Waals surface area contributed by atoms with Crippen molar-refractivity contribution in [1.82, 2.24) is 4.72 Å². The van der Waals surface area contributed by atoms with Gasteiger partial charge < -0.3 is 5.32 Å². The molecule has 0 saturated heterocycles. The molecule has 3 aromatic rings. The van der Waals surface area contributed by atoms with Crippen molar-refractivity contribution in [1.29, 1.82) is 0 Å². The molecular formula is C25H26Cl2N2O3S. The second kappa shape index (κ2) is 10.7. The van der Waals surface area contributed by atoms with E-state index in [4.69, 9.17) is 23.2 Å². The highest BCUT2D eigenvalue weighted by Gasteiger charge is 2.28. The van der Waals surface area contributed by atoms with E-state index in [2.05, 4.69) is 10.0 Å². The fourth-order valence-corrected chi connectivity index (χ4v) is 5.48. The fraction of sp³-hybridized carbons (Fsp3) is 0.240. The monoisotopic (exact) mass is 504 g/mol. The van der Waals surface area contributed by atoms with E-state index in [1.165, 1.54) is 18.2 Å². The molecule has 0 heterocycles. The van der Waals surface area contributed by atoms with Crippen molar-refractivity contribution in [2.45, 2.75) is 44.0 Å². The summed E-state index contributed by atoms with van der Waals surface area (Å²) in [6.07, 6.45) is 0.160. The maximum absolute atomic E-state index is 13.4. The van der Waals surface area contributed by atoms with Crippen molar-refractivity contribution in [3.63, 3.8) is 0 Å². The van der Waals surface area contributed by atoms with Crippen LogP contribution in [-0.4, -0.2) is 20.4 Å². The van der Waals surface area contributed by atoms with Crippen LogP contribution in [0, 0.1) is 6.92 Å². The van der Waals surface area contributed by atoms with Gasteiger partial charge in [0.05, 0.1) is 5.02 Å². The molecule has 0 bridgehead atoms. The highest BCUT2D eigenvalue weighted by molar-refractivity contribution is 7.89. The molecule has 33 heavy (non-hydrogen) atoms. The Labute approximate surface area is 205 Å². The van der Waals surface area contributed by atoms with Gasteiger partial charge in [-0.15, -0.1) is 0 Å². The number of amides is 1. The van der Waals surface area contributed by atoms with Crippen LogP contribution in [0.2, 0.25) is 10.0 Å². The molecule has 2 N–H and O–H groups in total. The highest BCUT2D eigenvalue weighted by Crippen LogP contribution is 2.28. The first-order valence-corrected chi connectivity index (χ1v) is 12.7. The summed E-state index contributed by atoms with van der Waals surface area (Å²) in [5.41, 5.74) is 3.37. The summed E-state index contributed by atoms with van der Waals surface area (Å²) >= 11 is 12.1. The zero-order valence-electron chi connectivity index (χ0n) is 18.6. The van der Waals surface area contributed by atoms with E-state index in [-0.39, 0.29) is 27.3 Å². The lowest BCUT2D eigenvalue weighted by Gasteiger charge is -2.22. The number of hydrogen-bond acceptors (Lipinski definition) is 3. The molecule has 8 heteroatoms. The van der Waals surface area contributed by atoms with Crippen molar-refractivity contribution in [2.24, 2.45) is 0 Å². The summed E-state index contributed by atoms with van der Waals surface area (Å²) in [6, 6.07) is 18.1. The molecule has 1 amide bonds. The number of halogens is 2. The highest BCUT2D eigenvalue weighted by atomic mass is 35.5. The molecule has 0 aromatic heterocycles. The lowest BCUT2D eigenvalue weighted by Crippen LogP contribution is -2.45. The molecule has 1 atom stereocenters. The summed E-state index contributed by atoms with van der Waals surface area (Å²) < 4.78 is 28.9. The molecule has 3 rings (SSSR count). The number of para-hydroxylation sites is 1. The van der Waals surface area contributed by atoms with Gasteiger partial charge in [0.15, 0.2) is 0 Å². The third-order valence-corrected chi connectivity index (χ3v) is 7.44. The minimum absolute atomic E-state index is 0.0202. The van der Waals surface area contributed by atoms with Gasteiger partial charge >= 0.3 is 0 Å². The Morgan fingerprint density at radius 2 is 1.67 bits per heavy atom. The predicted molar refractivity (Wildman–Crippen MR) is 135 cm³/mol. The first-order chi connectivity index (χ1) is 15.6. The van der Waals surface area contributed by atoms with Gasteiger partial charge in [-0.2, -0.15) is 4.72 Å². The Bertz CT molecular complexity index is 1250. The van der Waals surface area contributed by atoms with Crippen LogP contribution >= 0.6 is 23.2 Å². The summed E-state index contributed by atoms with van der Waals surface area (Å²) in [5.74, 6) is -0.286. The van der Waals surface area contributed by atoms with Crippen LogP contribution in [0.25, 0.3) is 0 Å². The number of sulfonamides is 1. The Morgan fingerprint density at radius 1 is 0.970 bits per heavy atom. The topological polar surface area (TPSA) is 75.3 Å². The number of carbonyl (C=O) groups excluding carboxylic acids is 1. The van der Waals surface area contributed by atoms with Crippen LogP contribution in [0.1, 0.15) is 36.5 Å². The average Bonchev–Trinajstić information content (AvgIpc) is 2.76. The van der Waals surface area contributed by atoms with Crippen molar-refractivity contribution in [3.05, 3.63) is 93.5 Å². The van der Waals surface area contributed by atoms with Gasteiger partial charge in [0.25, 0.3) is 0 Å². The Balaban J connectivity index is 1.97. The number of rotatable bonds is 8. The lowest BCUT2D eigenvalue weighted by atomic mass is 9.97. The first-order valence-electron chi connectivity index (χ1n) is 10.5. The Kier molecular flexibility index (Phi) is 8.19. The zero-order valence-corrected chi connectivity index (χ0v) is 20.9. The Hall–Kier alpha value is -2.38. The van der Waals surface area contributed by atoms with Gasteiger partial charge in [-0.1, -0.05) is 85.6 Å². The number of nitrogens with one attached hydrogen (secondary N) is 2. The third-order valence-electron chi connectivity index (χ3n) is 5.25. The van der Waals surface area contributed by atoms with Crippen LogP contribution < -0.4 is 10.0 Å². The third kappa shape index (κ3) is 6.36. The van der Waals surface area contributed by atoms with E-state index in [9.17, 15) is 13.2 Å². The minimum Gasteiger partial charge on any atom is -0.324 e. The molecular weight excluding hydrogens is 479 g/mol. The van der Waals surface area contributed by atoms with Crippen molar-refractivity contribution in [2.75, 3.05) is 5.32 Å². The van der Waals surface area contributed by atoms with E-state index < -0.39 is 22.0 Å². The molecule has 3 aromatic carbocycles. The zero-order chi connectivity index (χ0) is 24.2. The van der Waals surface area contributed by atoms with Crippen molar-refractivity contribution >= 4 is 44.8 Å². The minimum atomic E-state index is -4.13. The second-order valence-corrected chi connectivity index (χ2v) is 10.6. The SMILES string of the molecule is Cc1cccc(C(C)C)c1NC(=O)[C@H](Cc1ccccc1)NS(=O)(=O)c1cc(Cl)ccc1Cl. The van der Waals surface area contributed by atoms with Crippen molar-refractivity contribution in [3.8, 4) is 0 Å². The second-order valence-electron chi connectivity index (χ2n) is 8.12. The average molecular weight is 505 g/mol. The van der Waals surface area contributed by atoms with Crippen LogP contribution in [0.15, 0.2) is 71.6 Å². The quantitative estimate of drug-likeness (QED) is 0.397. The van der Waals surface area contributed by atoms with Gasteiger partial charge in [-0.3, -0.25) is 4.79 Å². The molecule has 0 spiro atoms. The smallest absolute Gasteiger partial charge is 0.242 e. The molecule has 0 fully saturated rings. The molecule has 0 unspecified atom stereocenters. The fourth-order valence-electron chi connectivity index (χ4n) is 3.52. The standard InChI is InChI=1S/C25H26Cl2N2O3S/c1-16(2)20-11-7-8-17(3)24(20)28-25(30)22(14-18-9-5-4-6-10-18)29-33(31,32)23-15-19(26)12-13-21(23)27/h4-13,15-16,22,29H,14H2,1-3H3,(H,28,30)/t22-/m0/s1. The molecule has 0 aliphatic rings. The van der Waals surface area contributed by atoms with Crippen LogP contribution in [-0.2, 0) is 21.2 Å². The normalized spacial score (nSPS) is 12.5. The lowest BCUT2D eigenvalue weighted by molar-refractivity contribution is -0.117. The molecule has 5 nitrogen and oxygen atoms in total. The molecule has 0 saturated carbocycles. The molecule has 0 radical (unpaired) electrons. The van der Waals surface area contributed by atoms with E-state index in [0.717, 1.165) is 16.7 Å². The number of carbonyl (C=O) groups is 1. The number of benzene rings is 3. The molecule has 0 aliphatic heterocycles. The van der Waals surface area contributed by atoms with Gasteiger partial charge in [0.2, 0.25) is 15.9 Å². The van der Waals surface area contributed by atoms with Crippen LogP contribution in [0.5, 0.6) is 0 Å². The Morgan fingerprint density at radius 3 is 2.33 bits per heavy atom. The maximum Gasteiger partial charge on any atom is 0.242 e. The summed E-state index contributed by atoms with van der Waals surface area (Å²) in [6.45, 7) is 5.98. The van der Waals surface area contributed by atoms with Gasteiger partial charge in [-0.05, 0) is 54.2 Å². The van der Waals surface area contributed by atoms with E-state index >= 15 is 0 Å². The first kappa shape index (κ1) is 25.2. The van der Waals surface area contributed by atoms with E-state index in [1.54, 1.807) is 0 Å². The molecule has 0 aliphatic carbocycles. The molecule has 174 valence electrons. The van der Waals surface area contributed by atoms with Gasteiger partial charge in [0.1, 0.15) is 10.9 Å². The van der Waals surface area contributed by atoms with Crippen molar-refractivity contribution < 1.29 is 13.2 Å². The summed E-state index contributed by atoms with van der Waals surface area (Å²) in [7, 11) is -4.13. The van der Waals surface area contributed by atoms with Gasteiger partial charge in [0, 0.05) is 10.7 Å². The van der Waals surface area contributed by atoms with E-state index in [0.29, 0.717) is 5.69 Å².